The number of hydrogen-bond donors (Lipinski definition) is 1. The van der Waals surface area contributed by atoms with Crippen LogP contribution in [0.4, 0.5) is 0 Å². The van der Waals surface area contributed by atoms with E-state index < -0.39 is 16.1 Å². The van der Waals surface area contributed by atoms with Gasteiger partial charge in [-0.3, -0.25) is 9.59 Å². The van der Waals surface area contributed by atoms with E-state index >= 15 is 0 Å². The molecule has 0 aliphatic carbocycles. The molecule has 2 aromatic rings. The largest absolute Gasteiger partial charge is 0.337 e. The number of halogens is 1. The molecule has 3 aliphatic rings. The molecule has 9 nitrogen and oxygen atoms in total. The van der Waals surface area contributed by atoms with E-state index in [9.17, 15) is 18.0 Å². The van der Waals surface area contributed by atoms with E-state index in [1.807, 2.05) is 4.90 Å². The summed E-state index contributed by atoms with van der Waals surface area (Å²) < 4.78 is 29.4. The Morgan fingerprint density at radius 1 is 1.11 bits per heavy atom. The summed E-state index contributed by atoms with van der Waals surface area (Å²) in [7, 11) is -3.92. The van der Waals surface area contributed by atoms with E-state index in [4.69, 9.17) is 11.6 Å². The predicted molar refractivity (Wildman–Crippen MR) is 135 cm³/mol. The molecule has 1 N–H and O–H groups in total. The zero-order valence-corrected chi connectivity index (χ0v) is 21.9. The van der Waals surface area contributed by atoms with Gasteiger partial charge in [0.25, 0.3) is 10.0 Å². The minimum absolute atomic E-state index is 0.00112. The standard InChI is InChI=1S/C23H30ClN5O4S2/c24-20-8-7-19-18(25-20)13-22(34-19)35(32,33)26-17-6-4-11-28(23(17)31)15-21(30)29-12-3-5-16(29)14-27-9-1-2-10-27/h7-8,13,16-17,26H,1-6,9-12,14-15H2/t16-,17-/m0/s1. The van der Waals surface area contributed by atoms with Crippen molar-refractivity contribution in [1.29, 1.82) is 0 Å². The van der Waals surface area contributed by atoms with Crippen molar-refractivity contribution < 1.29 is 18.0 Å². The van der Waals surface area contributed by atoms with Gasteiger partial charge in [0, 0.05) is 25.7 Å². The van der Waals surface area contributed by atoms with Gasteiger partial charge in [0.05, 0.1) is 16.8 Å². The molecule has 35 heavy (non-hydrogen) atoms. The van der Waals surface area contributed by atoms with Crippen LogP contribution < -0.4 is 4.72 Å². The summed E-state index contributed by atoms with van der Waals surface area (Å²) in [6, 6.07) is 4.12. The maximum absolute atomic E-state index is 13.2. The van der Waals surface area contributed by atoms with Gasteiger partial charge < -0.3 is 14.7 Å². The van der Waals surface area contributed by atoms with Crippen molar-refractivity contribution in [1.82, 2.24) is 24.4 Å². The second-order valence-corrected chi connectivity index (χ2v) is 13.0. The van der Waals surface area contributed by atoms with Crippen molar-refractivity contribution in [3.05, 3.63) is 23.4 Å². The number of fused-ring (bicyclic) bond motifs is 1. The number of hydrogen-bond acceptors (Lipinski definition) is 7. The number of amides is 2. The van der Waals surface area contributed by atoms with Crippen LogP contribution >= 0.6 is 22.9 Å². The maximum Gasteiger partial charge on any atom is 0.250 e. The first-order valence-corrected chi connectivity index (χ1v) is 14.9. The Kier molecular flexibility index (Phi) is 7.32. The first kappa shape index (κ1) is 24.9. The zero-order chi connectivity index (χ0) is 24.6. The van der Waals surface area contributed by atoms with Gasteiger partial charge in [-0.2, -0.15) is 4.72 Å². The number of thiophene rings is 1. The number of carbonyl (C=O) groups is 2. The lowest BCUT2D eigenvalue weighted by Crippen LogP contribution is -2.55. The number of nitrogens with one attached hydrogen (secondary N) is 1. The molecular weight excluding hydrogens is 510 g/mol. The number of aromatic nitrogens is 1. The molecule has 12 heteroatoms. The minimum Gasteiger partial charge on any atom is -0.337 e. The van der Waals surface area contributed by atoms with Gasteiger partial charge in [0.15, 0.2) is 0 Å². The number of carbonyl (C=O) groups excluding carboxylic acids is 2. The Morgan fingerprint density at radius 2 is 1.89 bits per heavy atom. The van der Waals surface area contributed by atoms with Crippen LogP contribution in [0.25, 0.3) is 10.2 Å². The summed E-state index contributed by atoms with van der Waals surface area (Å²) in [6.07, 6.45) is 5.44. The Bertz CT molecular complexity index is 1210. The summed E-state index contributed by atoms with van der Waals surface area (Å²) in [5, 5.41) is 0.288. The zero-order valence-electron chi connectivity index (χ0n) is 19.5. The summed E-state index contributed by atoms with van der Waals surface area (Å²) >= 11 is 7.00. The van der Waals surface area contributed by atoms with Crippen molar-refractivity contribution in [2.45, 2.75) is 54.8 Å². The van der Waals surface area contributed by atoms with Crippen LogP contribution in [0.2, 0.25) is 5.15 Å². The van der Waals surface area contributed by atoms with Crippen LogP contribution in [-0.4, -0.2) is 91.3 Å². The van der Waals surface area contributed by atoms with Crippen molar-refractivity contribution >= 4 is 55.0 Å². The van der Waals surface area contributed by atoms with Crippen molar-refractivity contribution in [2.75, 3.05) is 39.3 Å². The van der Waals surface area contributed by atoms with Gasteiger partial charge in [-0.05, 0) is 69.8 Å². The molecule has 2 amide bonds. The lowest BCUT2D eigenvalue weighted by molar-refractivity contribution is -0.143. The molecule has 0 spiro atoms. The smallest absolute Gasteiger partial charge is 0.250 e. The van der Waals surface area contributed by atoms with Crippen LogP contribution in [-0.2, 0) is 19.6 Å². The van der Waals surface area contributed by atoms with E-state index in [2.05, 4.69) is 14.6 Å². The number of sulfonamides is 1. The Balaban J connectivity index is 1.22. The molecule has 0 radical (unpaired) electrons. The topological polar surface area (TPSA) is 103 Å². The summed E-state index contributed by atoms with van der Waals surface area (Å²) in [5.74, 6) is -0.387. The first-order valence-electron chi connectivity index (χ1n) is 12.2. The molecule has 0 unspecified atom stereocenters. The third-order valence-electron chi connectivity index (χ3n) is 7.10. The fourth-order valence-electron chi connectivity index (χ4n) is 5.33. The molecule has 5 heterocycles. The Morgan fingerprint density at radius 3 is 2.69 bits per heavy atom. The van der Waals surface area contributed by atoms with Gasteiger partial charge in [0.2, 0.25) is 11.8 Å². The minimum atomic E-state index is -3.92. The quantitative estimate of drug-likeness (QED) is 0.542. The number of nitrogens with zero attached hydrogens (tertiary/aromatic N) is 4. The monoisotopic (exact) mass is 539 g/mol. The SMILES string of the molecule is O=C1[C@@H](NS(=O)(=O)c2cc3nc(Cl)ccc3s2)CCCN1CC(=O)N1CCC[C@H]1CN1CCCC1. The number of likely N-dealkylation sites (tertiary alicyclic amines) is 3. The van der Waals surface area contributed by atoms with Gasteiger partial charge >= 0.3 is 0 Å². The molecule has 190 valence electrons. The Hall–Kier alpha value is -1.79. The van der Waals surface area contributed by atoms with Crippen LogP contribution in [0.15, 0.2) is 22.4 Å². The van der Waals surface area contributed by atoms with Crippen molar-refractivity contribution in [3.63, 3.8) is 0 Å². The average molecular weight is 540 g/mol. The van der Waals surface area contributed by atoms with Crippen LogP contribution in [0, 0.1) is 0 Å². The molecule has 0 bridgehead atoms. The lowest BCUT2D eigenvalue weighted by Gasteiger charge is -2.34. The van der Waals surface area contributed by atoms with Crippen molar-refractivity contribution in [2.24, 2.45) is 0 Å². The molecular formula is C23H30ClN5O4S2. The average Bonchev–Trinajstić information content (AvgIpc) is 3.57. The number of rotatable bonds is 7. The molecule has 3 fully saturated rings. The molecule has 0 aromatic carbocycles. The summed E-state index contributed by atoms with van der Waals surface area (Å²) in [5.41, 5.74) is 0.499. The molecule has 2 aromatic heterocycles. The maximum atomic E-state index is 13.2. The highest BCUT2D eigenvalue weighted by atomic mass is 35.5. The van der Waals surface area contributed by atoms with Crippen molar-refractivity contribution in [3.8, 4) is 0 Å². The molecule has 0 saturated carbocycles. The molecule has 3 saturated heterocycles. The van der Waals surface area contributed by atoms with E-state index in [1.54, 1.807) is 12.1 Å². The van der Waals surface area contributed by atoms with Gasteiger partial charge in [-0.15, -0.1) is 11.3 Å². The highest BCUT2D eigenvalue weighted by Crippen LogP contribution is 2.29. The van der Waals surface area contributed by atoms with Gasteiger partial charge in [-0.25, -0.2) is 13.4 Å². The van der Waals surface area contributed by atoms with Crippen LogP contribution in [0.1, 0.15) is 38.5 Å². The van der Waals surface area contributed by atoms with E-state index in [0.29, 0.717) is 29.6 Å². The highest BCUT2D eigenvalue weighted by Gasteiger charge is 2.36. The van der Waals surface area contributed by atoms with E-state index in [0.717, 1.165) is 50.4 Å². The van der Waals surface area contributed by atoms with E-state index in [-0.39, 0.29) is 33.8 Å². The molecule has 3 aliphatic heterocycles. The lowest BCUT2D eigenvalue weighted by atomic mass is 10.1. The molecule has 5 rings (SSSR count). The van der Waals surface area contributed by atoms with Gasteiger partial charge in [-0.1, -0.05) is 11.6 Å². The second kappa shape index (κ2) is 10.3. The van der Waals surface area contributed by atoms with Gasteiger partial charge in [0.1, 0.15) is 15.4 Å². The summed E-state index contributed by atoms with van der Waals surface area (Å²) in [4.78, 5) is 36.3. The fourth-order valence-corrected chi connectivity index (χ4v) is 8.05. The summed E-state index contributed by atoms with van der Waals surface area (Å²) in [6.45, 7) is 4.26. The number of piperidine rings is 1. The van der Waals surface area contributed by atoms with E-state index in [1.165, 1.54) is 23.8 Å². The highest BCUT2D eigenvalue weighted by molar-refractivity contribution is 7.91. The first-order chi connectivity index (χ1) is 16.8. The normalized spacial score (nSPS) is 24.1. The third-order valence-corrected chi connectivity index (χ3v) is 10.3. The van der Waals surface area contributed by atoms with Crippen LogP contribution in [0.3, 0.4) is 0 Å². The predicted octanol–water partition coefficient (Wildman–Crippen LogP) is 2.31. The molecule has 2 atom stereocenters. The second-order valence-electron chi connectivity index (χ2n) is 9.55. The van der Waals surface area contributed by atoms with Crippen LogP contribution in [0.5, 0.6) is 0 Å². The Labute approximate surface area is 214 Å². The fraction of sp³-hybridized carbons (Fsp3) is 0.609. The third kappa shape index (κ3) is 5.48. The number of pyridine rings is 1.